The molecule has 4 rings (SSSR count). The highest BCUT2D eigenvalue weighted by molar-refractivity contribution is 6.30. The molecule has 1 amide bonds. The number of carbonyl (C=O) groups is 1. The third kappa shape index (κ3) is 3.20. The van der Waals surface area contributed by atoms with E-state index >= 15 is 0 Å². The Bertz CT molecular complexity index is 992. The largest absolute Gasteiger partial charge is 0.496 e. The second-order valence-corrected chi connectivity index (χ2v) is 6.99. The van der Waals surface area contributed by atoms with E-state index in [4.69, 9.17) is 21.1 Å². The van der Waals surface area contributed by atoms with Gasteiger partial charge in [0.25, 0.3) is 5.91 Å². The average Bonchev–Trinajstić information content (AvgIpc) is 3.16. The highest BCUT2D eigenvalue weighted by Crippen LogP contribution is 2.33. The van der Waals surface area contributed by atoms with E-state index in [0.717, 1.165) is 22.5 Å². The molecule has 0 radical (unpaired) electrons. The Morgan fingerprint density at radius 3 is 2.43 bits per heavy atom. The number of ether oxygens (including phenoxy) is 2. The summed E-state index contributed by atoms with van der Waals surface area (Å²) in [7, 11) is 3.10. The molecule has 0 saturated carbocycles. The lowest BCUT2D eigenvalue weighted by atomic mass is 10.00. The van der Waals surface area contributed by atoms with Gasteiger partial charge in [0.05, 0.1) is 19.9 Å². The Hall–Kier alpha value is -2.99. The molecule has 1 N–H and O–H groups in total. The molecule has 28 heavy (non-hydrogen) atoms. The van der Waals surface area contributed by atoms with Gasteiger partial charge in [0, 0.05) is 41.4 Å². The number of hydrogen-bond acceptors (Lipinski definition) is 4. The van der Waals surface area contributed by atoms with Crippen molar-refractivity contribution in [2.24, 2.45) is 0 Å². The summed E-state index contributed by atoms with van der Waals surface area (Å²) in [5, 5.41) is 8.26. The van der Waals surface area contributed by atoms with E-state index in [2.05, 4.69) is 10.2 Å². The van der Waals surface area contributed by atoms with Crippen LogP contribution in [-0.4, -0.2) is 41.8 Å². The van der Waals surface area contributed by atoms with E-state index in [-0.39, 0.29) is 5.91 Å². The fraction of sp³-hybridized carbons (Fsp3) is 0.238. The van der Waals surface area contributed by atoms with E-state index in [9.17, 15) is 4.79 Å². The molecule has 3 aromatic rings. The Labute approximate surface area is 168 Å². The first-order chi connectivity index (χ1) is 13.6. The van der Waals surface area contributed by atoms with Crippen molar-refractivity contribution >= 4 is 17.5 Å². The lowest BCUT2D eigenvalue weighted by molar-refractivity contribution is 0.0727. The summed E-state index contributed by atoms with van der Waals surface area (Å²) in [4.78, 5) is 15.1. The van der Waals surface area contributed by atoms with Crippen molar-refractivity contribution < 1.29 is 14.3 Å². The van der Waals surface area contributed by atoms with Gasteiger partial charge in [-0.25, -0.2) is 0 Å². The molecule has 1 aromatic heterocycles. The smallest absolute Gasteiger partial charge is 0.261 e. The number of H-pyrrole nitrogens is 1. The molecule has 0 fully saturated rings. The van der Waals surface area contributed by atoms with Gasteiger partial charge < -0.3 is 14.4 Å². The number of hydrogen-bond donors (Lipinski definition) is 1. The molecular weight excluding hydrogens is 378 g/mol. The number of nitrogens with zero attached hydrogens (tertiary/aromatic N) is 2. The lowest BCUT2D eigenvalue weighted by Gasteiger charge is -2.28. The number of amides is 1. The van der Waals surface area contributed by atoms with Crippen LogP contribution < -0.4 is 9.47 Å². The monoisotopic (exact) mass is 397 g/mol. The Morgan fingerprint density at radius 1 is 1.11 bits per heavy atom. The van der Waals surface area contributed by atoms with Crippen molar-refractivity contribution in [3.63, 3.8) is 0 Å². The van der Waals surface area contributed by atoms with Crippen LogP contribution in [0.4, 0.5) is 0 Å². The van der Waals surface area contributed by atoms with Crippen LogP contribution in [0.5, 0.6) is 11.5 Å². The third-order valence-corrected chi connectivity index (χ3v) is 5.23. The number of benzene rings is 2. The molecule has 7 heteroatoms. The van der Waals surface area contributed by atoms with Crippen LogP contribution in [0.15, 0.2) is 42.5 Å². The van der Waals surface area contributed by atoms with Crippen LogP contribution in [0.2, 0.25) is 5.02 Å². The number of halogens is 1. The molecule has 0 bridgehead atoms. The summed E-state index contributed by atoms with van der Waals surface area (Å²) in [6.07, 6.45) is 0.707. The standard InChI is InChI=1S/C21H20ClN3O3/c1-27-17-4-3-5-18(28-2)19(17)21(26)25-11-10-16-15(12-25)20(24-23-16)13-6-8-14(22)9-7-13/h3-9H,10-12H2,1-2H3,(H,23,24). The SMILES string of the molecule is COc1cccc(OC)c1C(=O)N1CCc2[nH]nc(-c3ccc(Cl)cc3)c2C1. The molecule has 144 valence electrons. The first kappa shape index (κ1) is 18.4. The second-order valence-electron chi connectivity index (χ2n) is 6.55. The van der Waals surface area contributed by atoms with Crippen LogP contribution >= 0.6 is 11.6 Å². The molecule has 2 aromatic carbocycles. The molecule has 2 heterocycles. The van der Waals surface area contributed by atoms with Crippen molar-refractivity contribution in [3.8, 4) is 22.8 Å². The average molecular weight is 398 g/mol. The number of aromatic nitrogens is 2. The van der Waals surface area contributed by atoms with Crippen LogP contribution in [-0.2, 0) is 13.0 Å². The van der Waals surface area contributed by atoms with E-state index in [1.165, 1.54) is 0 Å². The number of carbonyl (C=O) groups excluding carboxylic acids is 1. The fourth-order valence-electron chi connectivity index (χ4n) is 3.54. The van der Waals surface area contributed by atoms with Gasteiger partial charge in [-0.1, -0.05) is 29.8 Å². The second kappa shape index (κ2) is 7.56. The highest BCUT2D eigenvalue weighted by Gasteiger charge is 2.29. The maximum absolute atomic E-state index is 13.3. The Balaban J connectivity index is 1.67. The quantitative estimate of drug-likeness (QED) is 0.723. The summed E-state index contributed by atoms with van der Waals surface area (Å²) >= 11 is 6.00. The highest BCUT2D eigenvalue weighted by atomic mass is 35.5. The van der Waals surface area contributed by atoms with Gasteiger partial charge in [0.1, 0.15) is 17.1 Å². The first-order valence-electron chi connectivity index (χ1n) is 8.94. The van der Waals surface area contributed by atoms with Gasteiger partial charge >= 0.3 is 0 Å². The summed E-state index contributed by atoms with van der Waals surface area (Å²) in [5.74, 6) is 0.878. The van der Waals surface area contributed by atoms with Crippen LogP contribution in [0.25, 0.3) is 11.3 Å². The van der Waals surface area contributed by atoms with Crippen LogP contribution in [0.3, 0.4) is 0 Å². The summed E-state index contributed by atoms with van der Waals surface area (Å²) in [6, 6.07) is 12.9. The summed E-state index contributed by atoms with van der Waals surface area (Å²) < 4.78 is 10.8. The van der Waals surface area contributed by atoms with Crippen LogP contribution in [0, 0.1) is 0 Å². The normalized spacial score (nSPS) is 13.2. The van der Waals surface area contributed by atoms with Gasteiger partial charge in [-0.3, -0.25) is 9.89 Å². The zero-order valence-corrected chi connectivity index (χ0v) is 16.4. The zero-order valence-electron chi connectivity index (χ0n) is 15.7. The van der Waals surface area contributed by atoms with E-state index in [0.29, 0.717) is 41.6 Å². The predicted octanol–water partition coefficient (Wildman–Crippen LogP) is 3.95. The van der Waals surface area contributed by atoms with E-state index < -0.39 is 0 Å². The summed E-state index contributed by atoms with van der Waals surface area (Å²) in [5.41, 5.74) is 4.33. The Morgan fingerprint density at radius 2 is 1.79 bits per heavy atom. The molecule has 0 aliphatic carbocycles. The van der Waals surface area contributed by atoms with Gasteiger partial charge in [-0.15, -0.1) is 0 Å². The van der Waals surface area contributed by atoms with Crippen molar-refractivity contribution in [2.45, 2.75) is 13.0 Å². The van der Waals surface area contributed by atoms with Gasteiger partial charge in [0.15, 0.2) is 0 Å². The van der Waals surface area contributed by atoms with E-state index in [1.54, 1.807) is 37.3 Å². The number of rotatable bonds is 4. The minimum Gasteiger partial charge on any atom is -0.496 e. The molecule has 6 nitrogen and oxygen atoms in total. The molecule has 0 unspecified atom stereocenters. The number of fused-ring (bicyclic) bond motifs is 1. The number of aromatic amines is 1. The predicted molar refractivity (Wildman–Crippen MR) is 107 cm³/mol. The maximum atomic E-state index is 13.3. The van der Waals surface area contributed by atoms with Crippen molar-refractivity contribution in [1.29, 1.82) is 0 Å². The minimum absolute atomic E-state index is 0.122. The van der Waals surface area contributed by atoms with Crippen molar-refractivity contribution in [3.05, 3.63) is 64.3 Å². The Kier molecular flexibility index (Phi) is 4.96. The third-order valence-electron chi connectivity index (χ3n) is 4.98. The first-order valence-corrected chi connectivity index (χ1v) is 9.32. The molecule has 0 saturated heterocycles. The van der Waals surface area contributed by atoms with E-state index in [1.807, 2.05) is 24.3 Å². The van der Waals surface area contributed by atoms with Crippen molar-refractivity contribution in [1.82, 2.24) is 15.1 Å². The molecule has 0 atom stereocenters. The molecule has 0 spiro atoms. The van der Waals surface area contributed by atoms with Gasteiger partial charge in [-0.05, 0) is 24.3 Å². The fourth-order valence-corrected chi connectivity index (χ4v) is 3.66. The van der Waals surface area contributed by atoms with Gasteiger partial charge in [-0.2, -0.15) is 5.10 Å². The van der Waals surface area contributed by atoms with Gasteiger partial charge in [0.2, 0.25) is 0 Å². The van der Waals surface area contributed by atoms with Crippen molar-refractivity contribution in [2.75, 3.05) is 20.8 Å². The summed E-state index contributed by atoms with van der Waals surface area (Å²) in [6.45, 7) is 1.05. The number of methoxy groups -OCH3 is 2. The minimum atomic E-state index is -0.122. The number of nitrogens with one attached hydrogen (secondary N) is 1. The maximum Gasteiger partial charge on any atom is 0.261 e. The zero-order chi connectivity index (χ0) is 19.7. The molecule has 1 aliphatic rings. The molecule has 1 aliphatic heterocycles. The lowest BCUT2D eigenvalue weighted by Crippen LogP contribution is -2.36. The molecular formula is C21H20ClN3O3. The van der Waals surface area contributed by atoms with Crippen LogP contribution in [0.1, 0.15) is 21.6 Å². The topological polar surface area (TPSA) is 67.5 Å².